The Bertz CT molecular complexity index is 835. The van der Waals surface area contributed by atoms with Gasteiger partial charge in [-0.25, -0.2) is 0 Å². The van der Waals surface area contributed by atoms with Gasteiger partial charge in [0.1, 0.15) is 0 Å². The SMILES string of the molecule is CN(C)CCn1cc(-c2ccccc2)c2ccccc2c1=O. The molecular weight excluding hydrogens is 272 g/mol. The van der Waals surface area contributed by atoms with Gasteiger partial charge in [0.15, 0.2) is 0 Å². The molecule has 0 amide bonds. The van der Waals surface area contributed by atoms with E-state index in [9.17, 15) is 4.79 Å². The summed E-state index contributed by atoms with van der Waals surface area (Å²) in [6.07, 6.45) is 1.99. The molecule has 2 aromatic carbocycles. The van der Waals surface area contributed by atoms with Crippen molar-refractivity contribution in [2.24, 2.45) is 0 Å². The van der Waals surface area contributed by atoms with Crippen molar-refractivity contribution in [1.29, 1.82) is 0 Å². The first kappa shape index (κ1) is 14.5. The molecule has 0 aliphatic carbocycles. The van der Waals surface area contributed by atoms with E-state index in [1.54, 1.807) is 0 Å². The molecule has 3 nitrogen and oxygen atoms in total. The molecule has 0 aliphatic rings. The van der Waals surface area contributed by atoms with E-state index in [1.807, 2.05) is 67.3 Å². The molecular formula is C19H20N2O. The fraction of sp³-hybridized carbons (Fsp3) is 0.211. The third kappa shape index (κ3) is 2.81. The van der Waals surface area contributed by atoms with Crippen LogP contribution in [0, 0.1) is 0 Å². The normalized spacial score (nSPS) is 11.2. The monoisotopic (exact) mass is 292 g/mol. The Labute approximate surface area is 130 Å². The maximum absolute atomic E-state index is 12.7. The molecule has 0 fully saturated rings. The number of rotatable bonds is 4. The fourth-order valence-corrected chi connectivity index (χ4v) is 2.66. The van der Waals surface area contributed by atoms with Crippen molar-refractivity contribution in [1.82, 2.24) is 9.47 Å². The molecule has 0 radical (unpaired) electrons. The molecule has 3 heteroatoms. The predicted octanol–water partition coefficient (Wildman–Crippen LogP) is 3.23. The average molecular weight is 292 g/mol. The van der Waals surface area contributed by atoms with E-state index < -0.39 is 0 Å². The van der Waals surface area contributed by atoms with Crippen LogP contribution in [0.5, 0.6) is 0 Å². The van der Waals surface area contributed by atoms with Gasteiger partial charge in [-0.15, -0.1) is 0 Å². The van der Waals surface area contributed by atoms with Gasteiger partial charge in [0.25, 0.3) is 5.56 Å². The number of likely N-dealkylation sites (N-methyl/N-ethyl adjacent to an activating group) is 1. The van der Waals surface area contributed by atoms with Crippen molar-refractivity contribution in [2.45, 2.75) is 6.54 Å². The summed E-state index contributed by atoms with van der Waals surface area (Å²) in [7, 11) is 4.04. The summed E-state index contributed by atoms with van der Waals surface area (Å²) in [5.41, 5.74) is 2.32. The van der Waals surface area contributed by atoms with Gasteiger partial charge in [0.2, 0.25) is 0 Å². The lowest BCUT2D eigenvalue weighted by Crippen LogP contribution is -2.26. The Balaban J connectivity index is 2.22. The summed E-state index contributed by atoms with van der Waals surface area (Å²) >= 11 is 0. The molecule has 0 aliphatic heterocycles. The largest absolute Gasteiger partial charge is 0.313 e. The quantitative estimate of drug-likeness (QED) is 0.737. The molecule has 0 atom stereocenters. The first-order valence-corrected chi connectivity index (χ1v) is 7.49. The van der Waals surface area contributed by atoms with E-state index in [-0.39, 0.29) is 5.56 Å². The van der Waals surface area contributed by atoms with E-state index in [1.165, 1.54) is 0 Å². The van der Waals surface area contributed by atoms with Crippen molar-refractivity contribution in [3.05, 3.63) is 71.1 Å². The zero-order valence-electron chi connectivity index (χ0n) is 13.0. The second kappa shape index (κ2) is 6.16. The Kier molecular flexibility index (Phi) is 4.07. The molecule has 1 aromatic heterocycles. The zero-order chi connectivity index (χ0) is 15.5. The summed E-state index contributed by atoms with van der Waals surface area (Å²) in [5, 5.41) is 1.79. The van der Waals surface area contributed by atoms with Crippen LogP contribution < -0.4 is 5.56 Å². The van der Waals surface area contributed by atoms with Crippen LogP contribution in [0.4, 0.5) is 0 Å². The van der Waals surface area contributed by atoms with Crippen LogP contribution >= 0.6 is 0 Å². The van der Waals surface area contributed by atoms with Gasteiger partial charge in [0, 0.05) is 30.2 Å². The number of hydrogen-bond donors (Lipinski definition) is 0. The van der Waals surface area contributed by atoms with Crippen LogP contribution in [0.25, 0.3) is 21.9 Å². The highest BCUT2D eigenvalue weighted by molar-refractivity contribution is 5.95. The maximum Gasteiger partial charge on any atom is 0.258 e. The highest BCUT2D eigenvalue weighted by Crippen LogP contribution is 2.26. The third-order valence-corrected chi connectivity index (χ3v) is 3.87. The van der Waals surface area contributed by atoms with Crippen LogP contribution in [-0.4, -0.2) is 30.1 Å². The van der Waals surface area contributed by atoms with Crippen LogP contribution in [-0.2, 0) is 6.54 Å². The van der Waals surface area contributed by atoms with Gasteiger partial charge in [-0.05, 0) is 31.1 Å². The van der Waals surface area contributed by atoms with Gasteiger partial charge >= 0.3 is 0 Å². The second-order valence-corrected chi connectivity index (χ2v) is 5.76. The standard InChI is InChI=1S/C19H20N2O/c1-20(2)12-13-21-14-18(15-8-4-3-5-9-15)16-10-6-7-11-17(16)19(21)22/h3-11,14H,12-13H2,1-2H3. The van der Waals surface area contributed by atoms with Crippen molar-refractivity contribution < 1.29 is 0 Å². The van der Waals surface area contributed by atoms with Crippen LogP contribution in [0.15, 0.2) is 65.6 Å². The van der Waals surface area contributed by atoms with Crippen molar-refractivity contribution in [3.63, 3.8) is 0 Å². The van der Waals surface area contributed by atoms with Gasteiger partial charge in [-0.2, -0.15) is 0 Å². The summed E-state index contributed by atoms with van der Waals surface area (Å²) < 4.78 is 1.82. The highest BCUT2D eigenvalue weighted by Gasteiger charge is 2.10. The number of benzene rings is 2. The van der Waals surface area contributed by atoms with Crippen molar-refractivity contribution >= 4 is 10.8 Å². The fourth-order valence-electron chi connectivity index (χ4n) is 2.66. The summed E-state index contributed by atoms with van der Waals surface area (Å²) in [6.45, 7) is 1.53. The molecule has 0 bridgehead atoms. The number of nitrogens with zero attached hydrogens (tertiary/aromatic N) is 2. The Morgan fingerprint density at radius 1 is 0.909 bits per heavy atom. The summed E-state index contributed by atoms with van der Waals surface area (Å²) in [4.78, 5) is 14.8. The number of pyridine rings is 1. The molecule has 3 aromatic rings. The van der Waals surface area contributed by atoms with Gasteiger partial charge < -0.3 is 9.47 Å². The van der Waals surface area contributed by atoms with Crippen molar-refractivity contribution in [3.8, 4) is 11.1 Å². The average Bonchev–Trinajstić information content (AvgIpc) is 2.55. The minimum absolute atomic E-state index is 0.0807. The summed E-state index contributed by atoms with van der Waals surface area (Å²) in [5.74, 6) is 0. The van der Waals surface area contributed by atoms with Crippen LogP contribution in [0.2, 0.25) is 0 Å². The topological polar surface area (TPSA) is 25.2 Å². The van der Waals surface area contributed by atoms with E-state index in [2.05, 4.69) is 17.0 Å². The van der Waals surface area contributed by atoms with Gasteiger partial charge in [0.05, 0.1) is 0 Å². The third-order valence-electron chi connectivity index (χ3n) is 3.87. The lowest BCUT2D eigenvalue weighted by Gasteiger charge is -2.15. The zero-order valence-corrected chi connectivity index (χ0v) is 13.0. The molecule has 112 valence electrons. The lowest BCUT2D eigenvalue weighted by molar-refractivity contribution is 0.381. The van der Waals surface area contributed by atoms with Crippen LogP contribution in [0.1, 0.15) is 0 Å². The Morgan fingerprint density at radius 2 is 1.55 bits per heavy atom. The first-order chi connectivity index (χ1) is 10.7. The number of aromatic nitrogens is 1. The molecule has 1 heterocycles. The minimum Gasteiger partial charge on any atom is -0.313 e. The lowest BCUT2D eigenvalue weighted by atomic mass is 10.0. The second-order valence-electron chi connectivity index (χ2n) is 5.76. The molecule has 0 unspecified atom stereocenters. The molecule has 0 saturated carbocycles. The first-order valence-electron chi connectivity index (χ1n) is 7.49. The van der Waals surface area contributed by atoms with Crippen molar-refractivity contribution in [2.75, 3.05) is 20.6 Å². The minimum atomic E-state index is 0.0807. The maximum atomic E-state index is 12.7. The van der Waals surface area contributed by atoms with E-state index in [0.29, 0.717) is 6.54 Å². The molecule has 3 rings (SSSR count). The molecule has 0 saturated heterocycles. The Hall–Kier alpha value is -2.39. The van der Waals surface area contributed by atoms with Gasteiger partial charge in [-0.1, -0.05) is 48.5 Å². The number of hydrogen-bond acceptors (Lipinski definition) is 2. The van der Waals surface area contributed by atoms with Gasteiger partial charge in [-0.3, -0.25) is 4.79 Å². The highest BCUT2D eigenvalue weighted by atomic mass is 16.1. The van der Waals surface area contributed by atoms with E-state index in [0.717, 1.165) is 28.4 Å². The predicted molar refractivity (Wildman–Crippen MR) is 92.2 cm³/mol. The molecule has 0 spiro atoms. The summed E-state index contributed by atoms with van der Waals surface area (Å²) in [6, 6.07) is 18.1. The smallest absolute Gasteiger partial charge is 0.258 e. The number of fused-ring (bicyclic) bond motifs is 1. The Morgan fingerprint density at radius 3 is 2.23 bits per heavy atom. The van der Waals surface area contributed by atoms with Crippen LogP contribution in [0.3, 0.4) is 0 Å². The van der Waals surface area contributed by atoms with E-state index in [4.69, 9.17) is 0 Å². The molecule has 0 N–H and O–H groups in total. The molecule has 22 heavy (non-hydrogen) atoms. The van der Waals surface area contributed by atoms with E-state index >= 15 is 0 Å².